The number of aliphatic hydroxyl groups is 1. The Kier molecular flexibility index (Phi) is 3.00. The van der Waals surface area contributed by atoms with Gasteiger partial charge in [-0.3, -0.25) is 9.59 Å². The van der Waals surface area contributed by atoms with E-state index in [0.717, 1.165) is 36.0 Å². The summed E-state index contributed by atoms with van der Waals surface area (Å²) in [7, 11) is 0. The van der Waals surface area contributed by atoms with Gasteiger partial charge in [0.05, 0.1) is 12.0 Å². The highest BCUT2D eigenvalue weighted by Gasteiger charge is 2.67. The Morgan fingerprint density at radius 1 is 1.33 bits per heavy atom. The minimum atomic E-state index is -1.52. The van der Waals surface area contributed by atoms with Crippen LogP contribution in [0.1, 0.15) is 32.6 Å². The smallest absolute Gasteiger partial charge is 0.312 e. The average molecular weight is 330 g/mol. The van der Waals surface area contributed by atoms with Gasteiger partial charge in [0.25, 0.3) is 0 Å². The van der Waals surface area contributed by atoms with Crippen LogP contribution in [0, 0.1) is 28.6 Å². The first-order valence-electron chi connectivity index (χ1n) is 8.47. The number of carboxylic acids is 2. The molecule has 0 aromatic rings. The molecule has 0 aromatic heterocycles. The van der Waals surface area contributed by atoms with Gasteiger partial charge in [0, 0.05) is 11.3 Å². The fourth-order valence-corrected chi connectivity index (χ4v) is 5.94. The van der Waals surface area contributed by atoms with Gasteiger partial charge in [0.15, 0.2) is 0 Å². The lowest BCUT2D eigenvalue weighted by molar-refractivity contribution is -0.164. The van der Waals surface area contributed by atoms with Crippen LogP contribution < -0.4 is 0 Å². The van der Waals surface area contributed by atoms with Gasteiger partial charge < -0.3 is 15.3 Å². The molecule has 5 heteroatoms. The zero-order valence-corrected chi connectivity index (χ0v) is 13.7. The number of hydrogen-bond donors (Lipinski definition) is 3. The van der Waals surface area contributed by atoms with E-state index in [9.17, 15) is 24.9 Å². The monoisotopic (exact) mass is 330 g/mol. The van der Waals surface area contributed by atoms with Crippen molar-refractivity contribution in [3.8, 4) is 0 Å². The Bertz CT molecular complexity index is 732. The maximum Gasteiger partial charge on any atom is 0.312 e. The van der Waals surface area contributed by atoms with E-state index in [0.29, 0.717) is 12.3 Å². The highest BCUT2D eigenvalue weighted by Crippen LogP contribution is 2.70. The van der Waals surface area contributed by atoms with Crippen LogP contribution in [0.4, 0.5) is 0 Å². The van der Waals surface area contributed by atoms with Crippen molar-refractivity contribution in [1.29, 1.82) is 0 Å². The number of rotatable bonds is 2. The first kappa shape index (κ1) is 15.6. The predicted molar refractivity (Wildman–Crippen MR) is 86.1 cm³/mol. The van der Waals surface area contributed by atoms with Gasteiger partial charge in [-0.15, -0.1) is 0 Å². The van der Waals surface area contributed by atoms with Gasteiger partial charge >= 0.3 is 11.9 Å². The summed E-state index contributed by atoms with van der Waals surface area (Å²) in [6, 6.07) is 0. The molecule has 4 aliphatic carbocycles. The van der Waals surface area contributed by atoms with Gasteiger partial charge in [-0.2, -0.15) is 0 Å². The van der Waals surface area contributed by atoms with E-state index in [1.165, 1.54) is 13.0 Å². The largest absolute Gasteiger partial charge is 0.481 e. The summed E-state index contributed by atoms with van der Waals surface area (Å²) in [4.78, 5) is 24.3. The Hall–Kier alpha value is -1.88. The molecular weight excluding hydrogens is 308 g/mol. The molecule has 0 saturated heterocycles. The lowest BCUT2D eigenvalue weighted by Crippen LogP contribution is -2.52. The normalized spacial score (nSPS) is 46.0. The fourth-order valence-electron chi connectivity index (χ4n) is 5.94. The third-order valence-corrected chi connectivity index (χ3v) is 7.13. The number of aliphatic hydroxyl groups excluding tert-OH is 1. The van der Waals surface area contributed by atoms with Crippen LogP contribution >= 0.6 is 0 Å². The number of allylic oxidation sites excluding steroid dienone is 4. The van der Waals surface area contributed by atoms with E-state index in [1.54, 1.807) is 6.08 Å². The third kappa shape index (κ3) is 1.59. The topological polar surface area (TPSA) is 94.8 Å². The van der Waals surface area contributed by atoms with Crippen molar-refractivity contribution in [2.75, 3.05) is 0 Å². The van der Waals surface area contributed by atoms with Crippen molar-refractivity contribution in [2.45, 2.75) is 38.7 Å². The van der Waals surface area contributed by atoms with Crippen molar-refractivity contribution < 1.29 is 24.9 Å². The molecule has 3 N–H and O–H groups in total. The molecule has 0 amide bonds. The first-order valence-corrected chi connectivity index (χ1v) is 8.47. The predicted octanol–water partition coefficient (Wildman–Crippen LogP) is 2.38. The number of fused-ring (bicyclic) bond motifs is 2. The van der Waals surface area contributed by atoms with Crippen LogP contribution in [-0.2, 0) is 9.59 Å². The Morgan fingerprint density at radius 3 is 2.67 bits per heavy atom. The van der Waals surface area contributed by atoms with Crippen LogP contribution in [-0.4, -0.2) is 33.4 Å². The van der Waals surface area contributed by atoms with Crippen LogP contribution in [0.3, 0.4) is 0 Å². The summed E-state index contributed by atoms with van der Waals surface area (Å²) in [5, 5.41) is 30.3. The molecule has 0 radical (unpaired) electrons. The summed E-state index contributed by atoms with van der Waals surface area (Å²) >= 11 is 0. The highest BCUT2D eigenvalue weighted by atomic mass is 16.4. The second-order valence-electron chi connectivity index (χ2n) is 8.05. The van der Waals surface area contributed by atoms with Crippen molar-refractivity contribution >= 4 is 11.9 Å². The number of aliphatic carboxylic acids is 2. The van der Waals surface area contributed by atoms with Crippen molar-refractivity contribution in [3.05, 3.63) is 35.5 Å². The number of hydrogen-bond acceptors (Lipinski definition) is 3. The zero-order valence-electron chi connectivity index (χ0n) is 13.7. The van der Waals surface area contributed by atoms with E-state index in [2.05, 4.69) is 6.58 Å². The van der Waals surface area contributed by atoms with Crippen LogP contribution in [0.5, 0.6) is 0 Å². The molecule has 5 unspecified atom stereocenters. The van der Waals surface area contributed by atoms with E-state index < -0.39 is 40.7 Å². The lowest BCUT2D eigenvalue weighted by Gasteiger charge is -2.43. The Balaban J connectivity index is 1.97. The quantitative estimate of drug-likeness (QED) is 0.676. The molecule has 0 heterocycles. The number of carboxylic acid groups (broad SMARTS) is 2. The molecule has 5 nitrogen and oxygen atoms in total. The van der Waals surface area contributed by atoms with Gasteiger partial charge in [-0.25, -0.2) is 0 Å². The van der Waals surface area contributed by atoms with Gasteiger partial charge in [0.1, 0.15) is 5.41 Å². The minimum Gasteiger partial charge on any atom is -0.481 e. The fraction of sp³-hybridized carbons (Fsp3) is 0.579. The summed E-state index contributed by atoms with van der Waals surface area (Å²) < 4.78 is 0. The maximum atomic E-state index is 12.3. The molecule has 0 aliphatic heterocycles. The average Bonchev–Trinajstić information content (AvgIpc) is 2.94. The third-order valence-electron chi connectivity index (χ3n) is 7.13. The van der Waals surface area contributed by atoms with E-state index in [1.807, 2.05) is 0 Å². The van der Waals surface area contributed by atoms with Crippen LogP contribution in [0.15, 0.2) is 35.5 Å². The van der Waals surface area contributed by atoms with E-state index in [-0.39, 0.29) is 0 Å². The standard InChI is InChI=1S/C19H22O5/c1-9-7-19-8-10(9)3-5-12(19)11-4-6-13(20)18(2,17(23)24)14(11)15(19)16(21)22/h4,6,10,13-15,20H,1,3,5,7-8H2,2H3,(H,21,22)(H,23,24)/t10?,13?,14?,15?,18-,19?/m1/s1. The van der Waals surface area contributed by atoms with Gasteiger partial charge in [-0.1, -0.05) is 29.9 Å². The van der Waals surface area contributed by atoms with E-state index in [4.69, 9.17) is 0 Å². The van der Waals surface area contributed by atoms with Gasteiger partial charge in [-0.05, 0) is 44.1 Å². The molecule has 1 spiro atoms. The molecule has 4 aliphatic rings. The Morgan fingerprint density at radius 2 is 2.04 bits per heavy atom. The van der Waals surface area contributed by atoms with Crippen LogP contribution in [0.2, 0.25) is 0 Å². The summed E-state index contributed by atoms with van der Waals surface area (Å²) in [5.41, 5.74) is 0.996. The SMILES string of the molecule is C=C1CC23CC1CCC2=C1C=CC(O)[C@@](C)(C(=O)O)C1C3C(=O)O. The molecule has 2 fully saturated rings. The maximum absolute atomic E-state index is 12.3. The molecule has 4 rings (SSSR count). The molecule has 128 valence electrons. The molecule has 24 heavy (non-hydrogen) atoms. The summed E-state index contributed by atoms with van der Waals surface area (Å²) in [6.45, 7) is 5.64. The van der Waals surface area contributed by atoms with Crippen molar-refractivity contribution in [1.82, 2.24) is 0 Å². The highest BCUT2D eigenvalue weighted by molar-refractivity contribution is 5.83. The molecule has 2 saturated carbocycles. The van der Waals surface area contributed by atoms with Crippen LogP contribution in [0.25, 0.3) is 0 Å². The zero-order chi connectivity index (χ0) is 17.4. The number of carbonyl (C=O) groups is 2. The summed E-state index contributed by atoms with van der Waals surface area (Å²) in [5.74, 6) is -3.28. The Labute approximate surface area is 140 Å². The molecule has 0 aromatic carbocycles. The summed E-state index contributed by atoms with van der Waals surface area (Å²) in [6.07, 6.45) is 5.24. The van der Waals surface area contributed by atoms with Crippen molar-refractivity contribution in [2.24, 2.45) is 28.6 Å². The second kappa shape index (κ2) is 4.60. The lowest BCUT2D eigenvalue weighted by atomic mass is 9.59. The molecule has 6 atom stereocenters. The second-order valence-corrected chi connectivity index (χ2v) is 8.05. The van der Waals surface area contributed by atoms with E-state index >= 15 is 0 Å². The molecule has 2 bridgehead atoms. The first-order chi connectivity index (χ1) is 11.2. The minimum absolute atomic E-state index is 0.335. The van der Waals surface area contributed by atoms with Crippen molar-refractivity contribution in [3.63, 3.8) is 0 Å². The molecular formula is C19H22O5. The van der Waals surface area contributed by atoms with Gasteiger partial charge in [0.2, 0.25) is 0 Å².